The van der Waals surface area contributed by atoms with Crippen LogP contribution in [0.2, 0.25) is 0 Å². The number of carboxylic acid groups (broad SMARTS) is 1. The number of primary amides is 1. The Morgan fingerprint density at radius 2 is 1.18 bits per heavy atom. The van der Waals surface area contributed by atoms with Crippen LogP contribution in [0, 0.1) is 0 Å². The lowest BCUT2D eigenvalue weighted by molar-refractivity contribution is -0.142. The Morgan fingerprint density at radius 3 is 1.66 bits per heavy atom. The summed E-state index contributed by atoms with van der Waals surface area (Å²) in [6, 6.07) is 6.60. The number of amides is 4. The summed E-state index contributed by atoms with van der Waals surface area (Å²) < 4.78 is 0. The fourth-order valence-electron chi connectivity index (χ4n) is 3.39. The average molecular weight is 530 g/mol. The summed E-state index contributed by atoms with van der Waals surface area (Å²) in [6.45, 7) is 1.24. The number of hydrogen-bond acceptors (Lipinski definition) is 8. The molecule has 0 heterocycles. The van der Waals surface area contributed by atoms with Gasteiger partial charge < -0.3 is 42.7 Å². The maximum absolute atomic E-state index is 13.1. The fraction of sp³-hybridized carbons (Fsp3) is 0.320. The zero-order chi connectivity index (χ0) is 28.4. The Labute approximate surface area is 218 Å². The minimum absolute atomic E-state index is 0.0221. The average Bonchev–Trinajstić information content (AvgIpc) is 2.85. The van der Waals surface area contributed by atoms with Crippen LogP contribution in [0.25, 0.3) is 0 Å². The molecule has 2 aromatic rings. The number of nitrogens with two attached hydrogens (primary N) is 2. The van der Waals surface area contributed by atoms with Gasteiger partial charge in [0.05, 0.1) is 12.5 Å². The smallest absolute Gasteiger partial charge is 0.325 e. The van der Waals surface area contributed by atoms with E-state index >= 15 is 0 Å². The number of aromatic hydroxyl groups is 2. The Hall–Kier alpha value is -4.65. The molecule has 13 heteroatoms. The summed E-state index contributed by atoms with van der Waals surface area (Å²) >= 11 is 0. The largest absolute Gasteiger partial charge is 0.508 e. The van der Waals surface area contributed by atoms with E-state index < -0.39 is 60.2 Å². The number of carbonyl (C=O) groups is 5. The Balaban J connectivity index is 2.18. The molecule has 10 N–H and O–H groups in total. The van der Waals surface area contributed by atoms with Crippen LogP contribution in [-0.4, -0.2) is 69.1 Å². The molecule has 0 saturated heterocycles. The van der Waals surface area contributed by atoms with E-state index in [1.165, 1.54) is 43.3 Å². The van der Waals surface area contributed by atoms with Crippen LogP contribution in [-0.2, 0) is 36.8 Å². The first-order chi connectivity index (χ1) is 17.8. The molecule has 13 nitrogen and oxygen atoms in total. The van der Waals surface area contributed by atoms with Crippen LogP contribution in [0.3, 0.4) is 0 Å². The molecule has 4 atom stereocenters. The third-order valence-corrected chi connectivity index (χ3v) is 5.51. The number of carbonyl (C=O) groups excluding carboxylic acids is 4. The fourth-order valence-corrected chi connectivity index (χ4v) is 3.39. The predicted molar refractivity (Wildman–Crippen MR) is 135 cm³/mol. The molecule has 0 aliphatic rings. The van der Waals surface area contributed by atoms with Gasteiger partial charge in [0.2, 0.25) is 23.6 Å². The molecule has 0 spiro atoms. The summed E-state index contributed by atoms with van der Waals surface area (Å²) in [4.78, 5) is 61.4. The maximum Gasteiger partial charge on any atom is 0.325 e. The summed E-state index contributed by atoms with van der Waals surface area (Å²) in [6.07, 6.45) is -0.625. The number of carboxylic acids is 1. The Kier molecular flexibility index (Phi) is 10.6. The van der Waals surface area contributed by atoms with E-state index in [-0.39, 0.29) is 24.3 Å². The molecule has 38 heavy (non-hydrogen) atoms. The third kappa shape index (κ3) is 9.43. The van der Waals surface area contributed by atoms with Gasteiger partial charge in [-0.1, -0.05) is 24.3 Å². The van der Waals surface area contributed by atoms with E-state index in [0.717, 1.165) is 0 Å². The highest BCUT2D eigenvalue weighted by Gasteiger charge is 2.30. The number of nitrogens with one attached hydrogen (secondary N) is 3. The highest BCUT2D eigenvalue weighted by molar-refractivity contribution is 5.96. The van der Waals surface area contributed by atoms with Gasteiger partial charge in [-0.2, -0.15) is 0 Å². The molecular formula is C25H31N5O8. The first kappa shape index (κ1) is 29.6. The monoisotopic (exact) mass is 529 g/mol. The summed E-state index contributed by atoms with van der Waals surface area (Å²) in [5, 5.41) is 35.1. The molecule has 4 unspecified atom stereocenters. The minimum Gasteiger partial charge on any atom is -0.508 e. The second kappa shape index (κ2) is 13.6. The van der Waals surface area contributed by atoms with Crippen molar-refractivity contribution in [2.45, 2.75) is 50.4 Å². The van der Waals surface area contributed by atoms with Crippen LogP contribution in [0.4, 0.5) is 0 Å². The van der Waals surface area contributed by atoms with E-state index in [1.54, 1.807) is 12.1 Å². The van der Waals surface area contributed by atoms with E-state index in [9.17, 15) is 34.2 Å². The molecule has 0 bridgehead atoms. The highest BCUT2D eigenvalue weighted by Crippen LogP contribution is 2.13. The molecule has 204 valence electrons. The van der Waals surface area contributed by atoms with E-state index in [4.69, 9.17) is 16.6 Å². The van der Waals surface area contributed by atoms with Crippen molar-refractivity contribution in [1.29, 1.82) is 0 Å². The van der Waals surface area contributed by atoms with Crippen molar-refractivity contribution >= 4 is 29.6 Å². The molecule has 0 aromatic heterocycles. The van der Waals surface area contributed by atoms with Gasteiger partial charge in [0, 0.05) is 6.42 Å². The Morgan fingerprint density at radius 1 is 0.737 bits per heavy atom. The molecule has 0 fully saturated rings. The predicted octanol–water partition coefficient (Wildman–Crippen LogP) is -1.36. The van der Waals surface area contributed by atoms with Gasteiger partial charge in [-0.25, -0.2) is 0 Å². The molecule has 0 aliphatic carbocycles. The van der Waals surface area contributed by atoms with E-state index in [0.29, 0.717) is 11.1 Å². The minimum atomic E-state index is -1.47. The first-order valence-corrected chi connectivity index (χ1v) is 11.6. The lowest BCUT2D eigenvalue weighted by atomic mass is 10.0. The topological polar surface area (TPSA) is 234 Å². The normalized spacial score (nSPS) is 13.8. The Bertz CT molecular complexity index is 1150. The van der Waals surface area contributed by atoms with Crippen molar-refractivity contribution in [2.75, 3.05) is 0 Å². The summed E-state index contributed by atoms with van der Waals surface area (Å²) in [5.41, 5.74) is 12.4. The quantitative estimate of drug-likeness (QED) is 0.153. The zero-order valence-electron chi connectivity index (χ0n) is 20.6. The van der Waals surface area contributed by atoms with Crippen molar-refractivity contribution in [3.8, 4) is 11.5 Å². The van der Waals surface area contributed by atoms with Gasteiger partial charge in [0.1, 0.15) is 29.6 Å². The lowest BCUT2D eigenvalue weighted by Gasteiger charge is -2.24. The number of benzene rings is 2. The maximum atomic E-state index is 13.1. The molecule has 0 saturated carbocycles. The SMILES string of the molecule is CC(NC(=O)C(Cc1ccc(O)cc1)NC(=O)C(CC(N)=O)NC(=O)C(N)Cc1ccc(O)cc1)C(=O)O. The van der Waals surface area contributed by atoms with Crippen LogP contribution in [0.1, 0.15) is 24.5 Å². The number of phenolic OH excluding ortho intramolecular Hbond substituents is 2. The van der Waals surface area contributed by atoms with Crippen molar-refractivity contribution in [2.24, 2.45) is 11.5 Å². The van der Waals surface area contributed by atoms with Crippen LogP contribution < -0.4 is 27.4 Å². The van der Waals surface area contributed by atoms with Gasteiger partial charge in [0.25, 0.3) is 0 Å². The van der Waals surface area contributed by atoms with E-state index in [2.05, 4.69) is 16.0 Å². The summed E-state index contributed by atoms with van der Waals surface area (Å²) in [7, 11) is 0. The third-order valence-electron chi connectivity index (χ3n) is 5.51. The van der Waals surface area contributed by atoms with E-state index in [1.807, 2.05) is 0 Å². The molecular weight excluding hydrogens is 498 g/mol. The number of hydrogen-bond donors (Lipinski definition) is 8. The molecule has 2 rings (SSSR count). The van der Waals surface area contributed by atoms with Crippen molar-refractivity contribution in [3.63, 3.8) is 0 Å². The first-order valence-electron chi connectivity index (χ1n) is 11.6. The van der Waals surface area contributed by atoms with Crippen LogP contribution >= 0.6 is 0 Å². The molecule has 0 aliphatic heterocycles. The second-order valence-electron chi connectivity index (χ2n) is 8.71. The van der Waals surface area contributed by atoms with Crippen molar-refractivity contribution in [3.05, 3.63) is 59.7 Å². The van der Waals surface area contributed by atoms with Gasteiger partial charge in [-0.3, -0.25) is 24.0 Å². The zero-order valence-corrected chi connectivity index (χ0v) is 20.6. The van der Waals surface area contributed by atoms with Gasteiger partial charge >= 0.3 is 5.97 Å². The number of rotatable bonds is 13. The van der Waals surface area contributed by atoms with Crippen LogP contribution in [0.5, 0.6) is 11.5 Å². The molecule has 0 radical (unpaired) electrons. The highest BCUT2D eigenvalue weighted by atomic mass is 16.4. The van der Waals surface area contributed by atoms with Gasteiger partial charge in [-0.05, 0) is 48.7 Å². The molecule has 4 amide bonds. The lowest BCUT2D eigenvalue weighted by Crippen LogP contribution is -2.58. The van der Waals surface area contributed by atoms with Crippen LogP contribution in [0.15, 0.2) is 48.5 Å². The van der Waals surface area contributed by atoms with Crippen molar-refractivity contribution < 1.29 is 39.3 Å². The summed E-state index contributed by atoms with van der Waals surface area (Å²) in [5.74, 6) is -4.70. The number of aliphatic carboxylic acids is 1. The van der Waals surface area contributed by atoms with Gasteiger partial charge in [-0.15, -0.1) is 0 Å². The number of phenols is 2. The standard InChI is InChI=1S/C25H31N5O8/c1-13(25(37)38)28-23(35)19(11-15-4-8-17(32)9-5-15)30-24(36)20(12-21(27)33)29-22(34)18(26)10-14-2-6-16(31)7-3-14/h2-9,13,18-20,31-32H,10-12,26H2,1H3,(H2,27,33)(H,28,35)(H,29,34)(H,30,36)(H,37,38). The molecule has 2 aromatic carbocycles. The van der Waals surface area contributed by atoms with Gasteiger partial charge in [0.15, 0.2) is 0 Å². The second-order valence-corrected chi connectivity index (χ2v) is 8.71. The van der Waals surface area contributed by atoms with Crippen molar-refractivity contribution in [1.82, 2.24) is 16.0 Å².